The fourth-order valence-corrected chi connectivity index (χ4v) is 1.53. The summed E-state index contributed by atoms with van der Waals surface area (Å²) in [7, 11) is 0. The first-order valence-electron chi connectivity index (χ1n) is 3.91. The second-order valence-electron chi connectivity index (χ2n) is 2.12. The molecule has 68 valence electrons. The zero-order valence-corrected chi connectivity index (χ0v) is 9.12. The van der Waals surface area contributed by atoms with E-state index in [-0.39, 0.29) is 0 Å². The third-order valence-corrected chi connectivity index (χ3v) is 2.43. The molecule has 2 heteroatoms. The summed E-state index contributed by atoms with van der Waals surface area (Å²) in [4.78, 5) is 1.04. The standard InChI is InChI=1S/C8H5S.C4H3S/c1-2-3-5-8-6-4-7-9-8;1-2-4-5-3-1/h2,4,6H,1H2;1-3H. The molecule has 0 aliphatic rings. The van der Waals surface area contributed by atoms with E-state index in [1.165, 1.54) is 11.3 Å². The Morgan fingerprint density at radius 3 is 2.71 bits per heavy atom. The van der Waals surface area contributed by atoms with Crippen molar-refractivity contribution in [1.82, 2.24) is 0 Å². The highest BCUT2D eigenvalue weighted by atomic mass is 32.1. The van der Waals surface area contributed by atoms with Crippen LogP contribution < -0.4 is 0 Å². The monoisotopic (exact) mass is 216 g/mol. The van der Waals surface area contributed by atoms with E-state index >= 15 is 0 Å². The van der Waals surface area contributed by atoms with Gasteiger partial charge in [0.15, 0.2) is 0 Å². The van der Waals surface area contributed by atoms with Crippen molar-refractivity contribution in [3.63, 3.8) is 0 Å². The van der Waals surface area contributed by atoms with Crippen LogP contribution in [0.1, 0.15) is 4.88 Å². The molecule has 0 aliphatic heterocycles. The summed E-state index contributed by atoms with van der Waals surface area (Å²) in [5.41, 5.74) is 0. The quantitative estimate of drug-likeness (QED) is 0.590. The highest BCUT2D eigenvalue weighted by Crippen LogP contribution is 2.04. The van der Waals surface area contributed by atoms with Crippen LogP contribution in [0.4, 0.5) is 0 Å². The number of hydrogen-bond acceptors (Lipinski definition) is 2. The van der Waals surface area contributed by atoms with E-state index in [9.17, 15) is 0 Å². The van der Waals surface area contributed by atoms with Gasteiger partial charge in [0, 0.05) is 10.8 Å². The van der Waals surface area contributed by atoms with Crippen LogP contribution in [0, 0.1) is 22.6 Å². The highest BCUT2D eigenvalue weighted by molar-refractivity contribution is 7.10. The molecule has 0 amide bonds. The van der Waals surface area contributed by atoms with Crippen LogP contribution in [-0.2, 0) is 0 Å². The van der Waals surface area contributed by atoms with E-state index in [2.05, 4.69) is 29.2 Å². The molecule has 2 heterocycles. The average molecular weight is 216 g/mol. The normalized spacial score (nSPS) is 7.71. The van der Waals surface area contributed by atoms with Crippen LogP contribution in [0.15, 0.2) is 42.3 Å². The van der Waals surface area contributed by atoms with Crippen molar-refractivity contribution in [2.45, 2.75) is 0 Å². The van der Waals surface area contributed by atoms with Gasteiger partial charge in [-0.05, 0) is 29.7 Å². The smallest absolute Gasteiger partial charge is 0.0778 e. The van der Waals surface area contributed by atoms with Crippen LogP contribution in [-0.4, -0.2) is 0 Å². The first kappa shape index (κ1) is 10.8. The maximum atomic E-state index is 3.48. The molecule has 2 aromatic heterocycles. The predicted molar refractivity (Wildman–Crippen MR) is 63.4 cm³/mol. The molecule has 0 saturated carbocycles. The Kier molecular flexibility index (Phi) is 5.49. The van der Waals surface area contributed by atoms with Crippen molar-refractivity contribution in [2.75, 3.05) is 0 Å². The Morgan fingerprint density at radius 1 is 1.36 bits per heavy atom. The first-order chi connectivity index (χ1) is 6.93. The topological polar surface area (TPSA) is 0 Å². The van der Waals surface area contributed by atoms with Crippen LogP contribution in [0.3, 0.4) is 0 Å². The molecular weight excluding hydrogens is 208 g/mol. The molecule has 0 nitrogen and oxygen atoms in total. The molecule has 0 saturated heterocycles. The van der Waals surface area contributed by atoms with Crippen molar-refractivity contribution in [1.29, 1.82) is 0 Å². The van der Waals surface area contributed by atoms with Gasteiger partial charge in [-0.1, -0.05) is 24.5 Å². The predicted octanol–water partition coefficient (Wildman–Crippen LogP) is 3.63. The SMILES string of the molecule is C=CC#Cc1cc[c]s1.[c]1cccs1. The molecule has 0 bridgehead atoms. The molecule has 0 atom stereocenters. The maximum absolute atomic E-state index is 3.48. The van der Waals surface area contributed by atoms with Crippen LogP contribution >= 0.6 is 22.7 Å². The van der Waals surface area contributed by atoms with Gasteiger partial charge in [0.05, 0.1) is 4.88 Å². The molecule has 0 unspecified atom stereocenters. The van der Waals surface area contributed by atoms with Gasteiger partial charge in [-0.3, -0.25) is 0 Å². The van der Waals surface area contributed by atoms with Crippen molar-refractivity contribution >= 4 is 22.7 Å². The van der Waals surface area contributed by atoms with Crippen molar-refractivity contribution in [3.8, 4) is 11.8 Å². The van der Waals surface area contributed by atoms with Gasteiger partial charge >= 0.3 is 0 Å². The van der Waals surface area contributed by atoms with Crippen molar-refractivity contribution < 1.29 is 0 Å². The molecule has 2 aromatic rings. The van der Waals surface area contributed by atoms with Crippen LogP contribution in [0.2, 0.25) is 0 Å². The molecule has 2 radical (unpaired) electrons. The van der Waals surface area contributed by atoms with E-state index in [0.717, 1.165) is 4.88 Å². The lowest BCUT2D eigenvalue weighted by Gasteiger charge is -1.70. The molecule has 0 N–H and O–H groups in total. The molecule has 0 aromatic carbocycles. The Bertz CT molecular complexity index is 368. The highest BCUT2D eigenvalue weighted by Gasteiger charge is 1.81. The summed E-state index contributed by atoms with van der Waals surface area (Å²) in [5.74, 6) is 5.65. The summed E-state index contributed by atoms with van der Waals surface area (Å²) in [6, 6.07) is 7.65. The maximum Gasteiger partial charge on any atom is 0.0778 e. The Labute approximate surface area is 92.5 Å². The van der Waals surface area contributed by atoms with Gasteiger partial charge in [-0.15, -0.1) is 22.7 Å². The largest absolute Gasteiger partial charge is 0.143 e. The summed E-state index contributed by atoms with van der Waals surface area (Å²) in [5, 5.41) is 7.83. The fraction of sp³-hybridized carbons (Fsp3) is 0. The Hall–Kier alpha value is -1.30. The van der Waals surface area contributed by atoms with E-state index in [0.29, 0.717) is 0 Å². The van der Waals surface area contributed by atoms with Gasteiger partial charge < -0.3 is 0 Å². The minimum absolute atomic E-state index is 1.04. The lowest BCUT2D eigenvalue weighted by Crippen LogP contribution is -1.55. The van der Waals surface area contributed by atoms with Gasteiger partial charge in [-0.2, -0.15) is 0 Å². The summed E-state index contributed by atoms with van der Waals surface area (Å²) >= 11 is 3.10. The number of thiophene rings is 2. The second kappa shape index (κ2) is 7.14. The third-order valence-electron chi connectivity index (χ3n) is 1.15. The minimum Gasteiger partial charge on any atom is -0.143 e. The third kappa shape index (κ3) is 4.66. The molecular formula is C12H8S2. The molecule has 2 rings (SSSR count). The van der Waals surface area contributed by atoms with Gasteiger partial charge in [0.1, 0.15) is 0 Å². The van der Waals surface area contributed by atoms with Gasteiger partial charge in [0.25, 0.3) is 0 Å². The van der Waals surface area contributed by atoms with Gasteiger partial charge in [-0.25, -0.2) is 0 Å². The van der Waals surface area contributed by atoms with Crippen molar-refractivity contribution in [3.05, 3.63) is 57.9 Å². The molecule has 14 heavy (non-hydrogen) atoms. The lowest BCUT2D eigenvalue weighted by atomic mass is 10.4. The minimum atomic E-state index is 1.04. The van der Waals surface area contributed by atoms with E-state index in [4.69, 9.17) is 0 Å². The Morgan fingerprint density at radius 2 is 2.29 bits per heavy atom. The summed E-state index contributed by atoms with van der Waals surface area (Å²) < 4.78 is 0. The fourth-order valence-electron chi connectivity index (χ4n) is 0.627. The van der Waals surface area contributed by atoms with Gasteiger partial charge in [0.2, 0.25) is 0 Å². The zero-order valence-electron chi connectivity index (χ0n) is 7.49. The average Bonchev–Trinajstić information content (AvgIpc) is 2.90. The van der Waals surface area contributed by atoms with E-state index in [1.54, 1.807) is 17.4 Å². The van der Waals surface area contributed by atoms with Crippen molar-refractivity contribution in [2.24, 2.45) is 0 Å². The van der Waals surface area contributed by atoms with Crippen LogP contribution in [0.25, 0.3) is 0 Å². The number of hydrogen-bond donors (Lipinski definition) is 0. The van der Waals surface area contributed by atoms with E-state index in [1.807, 2.05) is 29.6 Å². The lowest BCUT2D eigenvalue weighted by molar-refractivity contribution is 1.93. The summed E-state index contributed by atoms with van der Waals surface area (Å²) in [6.45, 7) is 3.48. The number of allylic oxidation sites excluding steroid dienone is 1. The Balaban J connectivity index is 0.000000165. The number of rotatable bonds is 0. The van der Waals surface area contributed by atoms with E-state index < -0.39 is 0 Å². The summed E-state index contributed by atoms with van der Waals surface area (Å²) in [6.07, 6.45) is 1.58. The second-order valence-corrected chi connectivity index (χ2v) is 3.75. The first-order valence-corrected chi connectivity index (χ1v) is 5.61. The molecule has 0 spiro atoms. The van der Waals surface area contributed by atoms with Crippen LogP contribution in [0.5, 0.6) is 0 Å². The molecule has 0 aliphatic carbocycles. The zero-order chi connectivity index (χ0) is 10.1. The molecule has 0 fully saturated rings.